The van der Waals surface area contributed by atoms with Crippen LogP contribution in [0.25, 0.3) is 10.2 Å². The smallest absolute Gasteiger partial charge is 0.188 e. The third-order valence-electron chi connectivity index (χ3n) is 3.23. The van der Waals surface area contributed by atoms with E-state index in [-0.39, 0.29) is 0 Å². The molecule has 0 bridgehead atoms. The zero-order chi connectivity index (χ0) is 11.9. The van der Waals surface area contributed by atoms with Crippen molar-refractivity contribution in [3.05, 3.63) is 29.8 Å². The summed E-state index contributed by atoms with van der Waals surface area (Å²) in [6, 6.07) is 8.68. The van der Waals surface area contributed by atoms with Gasteiger partial charge in [-0.3, -0.25) is 0 Å². The first kappa shape index (κ1) is 12.6. The summed E-state index contributed by atoms with van der Waals surface area (Å²) in [4.78, 5) is 0. The Kier molecular flexibility index (Phi) is 4.99. The highest BCUT2D eigenvalue weighted by atomic mass is 32.1. The van der Waals surface area contributed by atoms with E-state index in [1.54, 1.807) is 0 Å². The van der Waals surface area contributed by atoms with Gasteiger partial charge in [0.05, 0.1) is 0 Å². The van der Waals surface area contributed by atoms with Gasteiger partial charge in [-0.25, -0.2) is 0 Å². The number of aryl methyl sites for hydroxylation is 1. The summed E-state index contributed by atoms with van der Waals surface area (Å²) in [5, 5.41) is 0. The quantitative estimate of drug-likeness (QED) is 0.500. The largest absolute Gasteiger partial charge is 0.225 e. The molecule has 0 amide bonds. The van der Waals surface area contributed by atoms with E-state index in [2.05, 4.69) is 41.3 Å². The molecule has 0 unspecified atom stereocenters. The maximum Gasteiger partial charge on any atom is 0.225 e. The monoisotopic (exact) mass is 248 g/mol. The molecule has 0 atom stereocenters. The summed E-state index contributed by atoms with van der Waals surface area (Å²) in [5.74, 6) is 0. The second-order valence-electron chi connectivity index (χ2n) is 4.65. The summed E-state index contributed by atoms with van der Waals surface area (Å²) in [5.41, 5.74) is 3.66. The van der Waals surface area contributed by atoms with Crippen LogP contribution in [-0.2, 0) is 6.54 Å². The van der Waals surface area contributed by atoms with E-state index >= 15 is 0 Å². The molecule has 0 aliphatic heterocycles. The molecule has 1 heterocycles. The zero-order valence-corrected chi connectivity index (χ0v) is 11.5. The van der Waals surface area contributed by atoms with Crippen molar-refractivity contribution in [2.24, 2.45) is 0 Å². The predicted molar refractivity (Wildman–Crippen MR) is 75.4 cm³/mol. The van der Waals surface area contributed by atoms with Gasteiger partial charge in [0, 0.05) is 12.5 Å². The number of rotatable bonds is 7. The van der Waals surface area contributed by atoms with Gasteiger partial charge in [0.15, 0.2) is 0 Å². The van der Waals surface area contributed by atoms with E-state index in [1.165, 1.54) is 55.3 Å². The van der Waals surface area contributed by atoms with Gasteiger partial charge in [-0.1, -0.05) is 56.1 Å². The van der Waals surface area contributed by atoms with Crippen molar-refractivity contribution < 1.29 is 4.57 Å². The average molecular weight is 248 g/mol. The molecule has 0 radical (unpaired) electrons. The number of hydrogen-bond acceptors (Lipinski definition) is 1. The molecular formula is C15H22NS+. The Morgan fingerprint density at radius 2 is 1.76 bits per heavy atom. The van der Waals surface area contributed by atoms with Crippen LogP contribution in [0.3, 0.4) is 0 Å². The lowest BCUT2D eigenvalue weighted by molar-refractivity contribution is -0.667. The number of benzene rings is 1. The third-order valence-corrected chi connectivity index (χ3v) is 4.19. The van der Waals surface area contributed by atoms with Crippen LogP contribution in [0.2, 0.25) is 0 Å². The highest BCUT2D eigenvalue weighted by Crippen LogP contribution is 2.15. The van der Waals surface area contributed by atoms with Crippen LogP contribution in [0.15, 0.2) is 29.8 Å². The molecule has 1 aromatic carbocycles. The van der Waals surface area contributed by atoms with Gasteiger partial charge >= 0.3 is 0 Å². The van der Waals surface area contributed by atoms with Crippen LogP contribution in [0, 0.1) is 0 Å². The topological polar surface area (TPSA) is 3.88 Å². The summed E-state index contributed by atoms with van der Waals surface area (Å²) in [6.45, 7) is 3.45. The lowest BCUT2D eigenvalue weighted by atomic mass is 10.1. The maximum absolute atomic E-state index is 2.40. The first-order valence-corrected chi connectivity index (χ1v) is 7.65. The zero-order valence-electron chi connectivity index (χ0n) is 10.7. The number of para-hydroxylation sites is 1. The van der Waals surface area contributed by atoms with Gasteiger partial charge in [0.1, 0.15) is 11.2 Å². The molecular weight excluding hydrogens is 226 g/mol. The fraction of sp³-hybridized carbons (Fsp3) is 0.533. The lowest BCUT2D eigenvalue weighted by Gasteiger charge is -1.97. The van der Waals surface area contributed by atoms with Crippen LogP contribution in [0.4, 0.5) is 0 Å². The minimum absolute atomic E-state index is 1.18. The molecule has 0 aliphatic rings. The normalized spacial score (nSPS) is 11.1. The van der Waals surface area contributed by atoms with E-state index in [9.17, 15) is 0 Å². The molecule has 92 valence electrons. The first-order chi connectivity index (χ1) is 8.42. The molecule has 0 saturated carbocycles. The summed E-state index contributed by atoms with van der Waals surface area (Å²) in [7, 11) is 0. The lowest BCUT2D eigenvalue weighted by Crippen LogP contribution is -2.31. The second kappa shape index (κ2) is 6.75. The number of nitrogens with zero attached hydrogens (tertiary/aromatic N) is 1. The molecule has 1 nitrogen and oxygen atoms in total. The van der Waals surface area contributed by atoms with E-state index < -0.39 is 0 Å². The molecule has 2 heteroatoms. The van der Waals surface area contributed by atoms with Crippen molar-refractivity contribution in [3.8, 4) is 0 Å². The number of unbranched alkanes of at least 4 members (excludes halogenated alkanes) is 5. The fourth-order valence-corrected chi connectivity index (χ4v) is 3.13. The van der Waals surface area contributed by atoms with Gasteiger partial charge in [-0.15, -0.1) is 0 Å². The standard InChI is InChI=1S/C15H22NS/c1-2-3-4-5-6-9-12-16-13-17-15-11-8-7-10-14(15)16/h7-8,10-11,13H,2-6,9,12H2,1H3/q+1. The Hall–Kier alpha value is -0.890. The Balaban J connectivity index is 1.79. The Morgan fingerprint density at radius 3 is 2.65 bits per heavy atom. The molecule has 0 N–H and O–H groups in total. The molecule has 1 aromatic heterocycles. The van der Waals surface area contributed by atoms with Gasteiger partial charge < -0.3 is 0 Å². The van der Waals surface area contributed by atoms with Crippen LogP contribution >= 0.6 is 11.3 Å². The van der Waals surface area contributed by atoms with Gasteiger partial charge in [-0.2, -0.15) is 4.57 Å². The van der Waals surface area contributed by atoms with E-state index in [4.69, 9.17) is 0 Å². The fourth-order valence-electron chi connectivity index (χ4n) is 2.21. The second-order valence-corrected chi connectivity index (χ2v) is 5.54. The summed E-state index contributed by atoms with van der Waals surface area (Å²) < 4.78 is 3.80. The Morgan fingerprint density at radius 1 is 1.00 bits per heavy atom. The van der Waals surface area contributed by atoms with E-state index in [0.717, 1.165) is 0 Å². The van der Waals surface area contributed by atoms with Crippen LogP contribution in [0.5, 0.6) is 0 Å². The summed E-state index contributed by atoms with van der Waals surface area (Å²) in [6.07, 6.45) is 8.23. The van der Waals surface area contributed by atoms with Crippen molar-refractivity contribution in [3.63, 3.8) is 0 Å². The van der Waals surface area contributed by atoms with Crippen molar-refractivity contribution in [1.82, 2.24) is 0 Å². The number of aromatic nitrogens is 1. The first-order valence-electron chi connectivity index (χ1n) is 6.77. The van der Waals surface area contributed by atoms with Crippen molar-refractivity contribution in [2.75, 3.05) is 0 Å². The highest BCUT2D eigenvalue weighted by molar-refractivity contribution is 7.16. The molecule has 0 fully saturated rings. The molecule has 0 aliphatic carbocycles. The molecule has 0 saturated heterocycles. The highest BCUT2D eigenvalue weighted by Gasteiger charge is 2.09. The molecule has 0 spiro atoms. The van der Waals surface area contributed by atoms with Gasteiger partial charge in [-0.05, 0) is 12.5 Å². The van der Waals surface area contributed by atoms with Gasteiger partial charge in [0.25, 0.3) is 0 Å². The van der Waals surface area contributed by atoms with Crippen molar-refractivity contribution in [2.45, 2.75) is 52.0 Å². The minimum atomic E-state index is 1.18. The van der Waals surface area contributed by atoms with Crippen molar-refractivity contribution in [1.29, 1.82) is 0 Å². The SMILES string of the molecule is CCCCCCCC[n+]1csc2ccccc21. The molecule has 2 aromatic rings. The number of fused-ring (bicyclic) bond motifs is 1. The van der Waals surface area contributed by atoms with Gasteiger partial charge in [0.2, 0.25) is 11.0 Å². The molecule has 17 heavy (non-hydrogen) atoms. The van der Waals surface area contributed by atoms with Crippen molar-refractivity contribution >= 4 is 21.6 Å². The average Bonchev–Trinajstić information content (AvgIpc) is 2.77. The molecule has 2 rings (SSSR count). The van der Waals surface area contributed by atoms with Crippen LogP contribution in [0.1, 0.15) is 45.4 Å². The Labute approximate surface area is 108 Å². The maximum atomic E-state index is 2.40. The third kappa shape index (κ3) is 3.53. The predicted octanol–water partition coefficient (Wildman–Crippen LogP) is 4.55. The number of hydrogen-bond donors (Lipinski definition) is 0. The van der Waals surface area contributed by atoms with Crippen LogP contribution in [-0.4, -0.2) is 0 Å². The van der Waals surface area contributed by atoms with E-state index in [1.807, 2.05) is 11.3 Å². The van der Waals surface area contributed by atoms with Crippen LogP contribution < -0.4 is 4.57 Å². The Bertz CT molecular complexity index is 447. The minimum Gasteiger partial charge on any atom is -0.188 e. The summed E-state index contributed by atoms with van der Waals surface area (Å²) >= 11 is 1.85. The van der Waals surface area contributed by atoms with E-state index in [0.29, 0.717) is 0 Å². The number of thiazole rings is 1.